The monoisotopic (exact) mass is 363 g/mol. The molecular formula is C18H19F2N3O3. The zero-order valence-electron chi connectivity index (χ0n) is 14.3. The van der Waals surface area contributed by atoms with Gasteiger partial charge in [0.1, 0.15) is 5.75 Å². The predicted octanol–water partition coefficient (Wildman–Crippen LogP) is 3.40. The second kappa shape index (κ2) is 8.07. The minimum atomic E-state index is -2.91. The molecule has 0 spiro atoms. The van der Waals surface area contributed by atoms with Gasteiger partial charge in [-0.15, -0.1) is 0 Å². The maximum Gasteiger partial charge on any atom is 0.387 e. The third-order valence-corrected chi connectivity index (χ3v) is 4.24. The zero-order chi connectivity index (χ0) is 18.5. The molecule has 0 radical (unpaired) electrons. The Bertz CT molecular complexity index is 783. The lowest BCUT2D eigenvalue weighted by Gasteiger charge is -2.29. The number of amides is 1. The summed E-state index contributed by atoms with van der Waals surface area (Å²) in [6, 6.07) is 6.35. The summed E-state index contributed by atoms with van der Waals surface area (Å²) < 4.78 is 34.5. The highest BCUT2D eigenvalue weighted by Crippen LogP contribution is 2.27. The van der Waals surface area contributed by atoms with E-state index in [-0.39, 0.29) is 17.6 Å². The van der Waals surface area contributed by atoms with Gasteiger partial charge in [0.2, 0.25) is 11.8 Å². The number of aromatic nitrogens is 2. The molecule has 3 rings (SSSR count). The number of alkyl halides is 2. The molecule has 1 fully saturated rings. The fraction of sp³-hybridized carbons (Fsp3) is 0.389. The Balaban J connectivity index is 1.58. The lowest BCUT2D eigenvalue weighted by molar-refractivity contribution is -0.127. The van der Waals surface area contributed by atoms with Crippen molar-refractivity contribution in [2.45, 2.75) is 32.3 Å². The quantitative estimate of drug-likeness (QED) is 0.762. The summed E-state index contributed by atoms with van der Waals surface area (Å²) in [4.78, 5) is 18.3. The van der Waals surface area contributed by atoms with E-state index in [4.69, 9.17) is 4.52 Å². The van der Waals surface area contributed by atoms with E-state index in [9.17, 15) is 13.6 Å². The molecule has 1 saturated heterocycles. The van der Waals surface area contributed by atoms with Crippen LogP contribution in [0.2, 0.25) is 0 Å². The number of para-hydroxylation sites is 1. The van der Waals surface area contributed by atoms with Gasteiger partial charge in [0.25, 0.3) is 0 Å². The highest BCUT2D eigenvalue weighted by atomic mass is 19.3. The minimum Gasteiger partial charge on any atom is -0.434 e. The number of halogens is 2. The van der Waals surface area contributed by atoms with Gasteiger partial charge in [-0.2, -0.15) is 13.8 Å². The third kappa shape index (κ3) is 4.44. The van der Waals surface area contributed by atoms with Crippen LogP contribution in [0.25, 0.3) is 6.08 Å². The first kappa shape index (κ1) is 18.0. The number of nitrogens with zero attached hydrogens (tertiary/aromatic N) is 3. The lowest BCUT2D eigenvalue weighted by Crippen LogP contribution is -2.36. The number of likely N-dealkylation sites (tertiary alicyclic amines) is 1. The molecule has 0 saturated carbocycles. The molecule has 0 bridgehead atoms. The van der Waals surface area contributed by atoms with Crippen LogP contribution >= 0.6 is 0 Å². The van der Waals surface area contributed by atoms with Gasteiger partial charge in [0.15, 0.2) is 5.82 Å². The Labute approximate surface area is 149 Å². The summed E-state index contributed by atoms with van der Waals surface area (Å²) in [7, 11) is 0. The topological polar surface area (TPSA) is 68.5 Å². The Hall–Kier alpha value is -2.77. The van der Waals surface area contributed by atoms with Crippen LogP contribution in [0.1, 0.15) is 36.0 Å². The predicted molar refractivity (Wildman–Crippen MR) is 89.7 cm³/mol. The van der Waals surface area contributed by atoms with E-state index in [1.165, 1.54) is 18.2 Å². The molecule has 0 unspecified atom stereocenters. The molecule has 6 nitrogen and oxygen atoms in total. The summed E-state index contributed by atoms with van der Waals surface area (Å²) in [5, 5.41) is 3.79. The van der Waals surface area contributed by atoms with Crippen molar-refractivity contribution in [1.29, 1.82) is 0 Å². The maximum atomic E-state index is 12.4. The Kier molecular flexibility index (Phi) is 5.60. The average molecular weight is 363 g/mol. The number of aryl methyl sites for hydroxylation is 1. The zero-order valence-corrected chi connectivity index (χ0v) is 14.3. The standard InChI is InChI=1S/C18H19F2N3O3/c1-12-21-17(26-22-12)14-8-10-23(11-9-14)16(24)7-6-13-4-2-3-5-15(13)25-18(19)20/h2-7,14,18H,8-11H2,1H3. The van der Waals surface area contributed by atoms with Crippen LogP contribution in [0.4, 0.5) is 8.78 Å². The molecular weight excluding hydrogens is 344 g/mol. The largest absolute Gasteiger partial charge is 0.434 e. The Morgan fingerprint density at radius 3 is 2.73 bits per heavy atom. The van der Waals surface area contributed by atoms with Crippen LogP contribution in [0.5, 0.6) is 5.75 Å². The van der Waals surface area contributed by atoms with E-state index in [0.29, 0.717) is 30.4 Å². The number of rotatable bonds is 5. The second-order valence-electron chi connectivity index (χ2n) is 6.03. The van der Waals surface area contributed by atoms with Crippen LogP contribution in [-0.4, -0.2) is 40.6 Å². The molecule has 2 aromatic rings. The number of benzene rings is 1. The summed E-state index contributed by atoms with van der Waals surface area (Å²) in [5.74, 6) is 1.24. The van der Waals surface area contributed by atoms with Gasteiger partial charge in [-0.25, -0.2) is 0 Å². The third-order valence-electron chi connectivity index (χ3n) is 4.24. The number of ether oxygens (including phenoxy) is 1. The molecule has 1 aliphatic rings. The van der Waals surface area contributed by atoms with E-state index in [1.807, 2.05) is 0 Å². The number of hydrogen-bond donors (Lipinski definition) is 0. The van der Waals surface area contributed by atoms with Gasteiger partial charge in [0, 0.05) is 30.6 Å². The molecule has 0 aliphatic carbocycles. The highest BCUT2D eigenvalue weighted by molar-refractivity contribution is 5.92. The molecule has 1 aliphatic heterocycles. The van der Waals surface area contributed by atoms with Crippen molar-refractivity contribution in [3.63, 3.8) is 0 Å². The van der Waals surface area contributed by atoms with Gasteiger partial charge in [-0.1, -0.05) is 23.4 Å². The van der Waals surface area contributed by atoms with Gasteiger partial charge in [-0.05, 0) is 31.9 Å². The van der Waals surface area contributed by atoms with E-state index >= 15 is 0 Å². The molecule has 1 amide bonds. The average Bonchev–Trinajstić information content (AvgIpc) is 3.07. The van der Waals surface area contributed by atoms with E-state index in [0.717, 1.165) is 12.8 Å². The summed E-state index contributed by atoms with van der Waals surface area (Å²) >= 11 is 0. The van der Waals surface area contributed by atoms with E-state index < -0.39 is 6.61 Å². The van der Waals surface area contributed by atoms with Crippen molar-refractivity contribution in [2.24, 2.45) is 0 Å². The van der Waals surface area contributed by atoms with Gasteiger partial charge < -0.3 is 14.2 Å². The Morgan fingerprint density at radius 2 is 2.08 bits per heavy atom. The molecule has 8 heteroatoms. The van der Waals surface area contributed by atoms with Crippen molar-refractivity contribution in [3.05, 3.63) is 47.6 Å². The summed E-state index contributed by atoms with van der Waals surface area (Å²) in [6.07, 6.45) is 4.36. The van der Waals surface area contributed by atoms with E-state index in [1.54, 1.807) is 30.0 Å². The number of piperidine rings is 1. The fourth-order valence-corrected chi connectivity index (χ4v) is 2.91. The van der Waals surface area contributed by atoms with Crippen LogP contribution in [0.15, 0.2) is 34.9 Å². The molecule has 138 valence electrons. The van der Waals surface area contributed by atoms with Crippen molar-refractivity contribution >= 4 is 12.0 Å². The summed E-state index contributed by atoms with van der Waals surface area (Å²) in [5.41, 5.74) is 0.428. The van der Waals surface area contributed by atoms with E-state index in [2.05, 4.69) is 14.9 Å². The minimum absolute atomic E-state index is 0.0389. The van der Waals surface area contributed by atoms with Crippen LogP contribution in [0.3, 0.4) is 0 Å². The van der Waals surface area contributed by atoms with Crippen molar-refractivity contribution < 1.29 is 22.8 Å². The molecule has 1 aromatic heterocycles. The Morgan fingerprint density at radius 1 is 1.35 bits per heavy atom. The lowest BCUT2D eigenvalue weighted by atomic mass is 9.96. The van der Waals surface area contributed by atoms with Gasteiger partial charge >= 0.3 is 6.61 Å². The SMILES string of the molecule is Cc1noc(C2CCN(C(=O)C=Cc3ccccc3OC(F)F)CC2)n1. The van der Waals surface area contributed by atoms with Crippen molar-refractivity contribution in [1.82, 2.24) is 15.0 Å². The number of carbonyl (C=O) groups is 1. The normalized spacial score (nSPS) is 15.8. The van der Waals surface area contributed by atoms with Crippen LogP contribution in [0, 0.1) is 6.92 Å². The summed E-state index contributed by atoms with van der Waals surface area (Å²) in [6.45, 7) is 0.00799. The van der Waals surface area contributed by atoms with Crippen molar-refractivity contribution in [3.8, 4) is 5.75 Å². The van der Waals surface area contributed by atoms with Crippen LogP contribution < -0.4 is 4.74 Å². The van der Waals surface area contributed by atoms with Crippen molar-refractivity contribution in [2.75, 3.05) is 13.1 Å². The fourth-order valence-electron chi connectivity index (χ4n) is 2.91. The maximum absolute atomic E-state index is 12.4. The number of hydrogen-bond acceptors (Lipinski definition) is 5. The highest BCUT2D eigenvalue weighted by Gasteiger charge is 2.26. The molecule has 0 N–H and O–H groups in total. The van der Waals surface area contributed by atoms with Crippen LogP contribution in [-0.2, 0) is 4.79 Å². The van der Waals surface area contributed by atoms with Gasteiger partial charge in [-0.3, -0.25) is 4.79 Å². The molecule has 26 heavy (non-hydrogen) atoms. The number of carbonyl (C=O) groups excluding carboxylic acids is 1. The second-order valence-corrected chi connectivity index (χ2v) is 6.03. The molecule has 2 heterocycles. The van der Waals surface area contributed by atoms with Gasteiger partial charge in [0.05, 0.1) is 0 Å². The molecule has 1 aromatic carbocycles. The smallest absolute Gasteiger partial charge is 0.387 e. The first-order valence-corrected chi connectivity index (χ1v) is 8.34. The first-order valence-electron chi connectivity index (χ1n) is 8.34. The first-order chi connectivity index (χ1) is 12.5. The molecule has 0 atom stereocenters.